The van der Waals surface area contributed by atoms with Gasteiger partial charge in [0.25, 0.3) is 5.91 Å². The van der Waals surface area contributed by atoms with Crippen LogP contribution in [0.2, 0.25) is 0 Å². The molecule has 2 atom stereocenters. The standard InChI is InChI=1S/C16H24N2O3/c1-5-6-11(3)18-15(19)12(4)21-16(20)14-8-7-13(17)9-10(14)2/h7-9,11-12H,5-6,17H2,1-4H3,(H,18,19). The maximum absolute atomic E-state index is 12.1. The fourth-order valence-electron chi connectivity index (χ4n) is 2.06. The van der Waals surface area contributed by atoms with Gasteiger partial charge in [0.2, 0.25) is 0 Å². The van der Waals surface area contributed by atoms with E-state index in [1.165, 1.54) is 0 Å². The minimum Gasteiger partial charge on any atom is -0.449 e. The highest BCUT2D eigenvalue weighted by Gasteiger charge is 2.21. The van der Waals surface area contributed by atoms with Crippen molar-refractivity contribution in [2.45, 2.75) is 52.7 Å². The van der Waals surface area contributed by atoms with Crippen LogP contribution in [0.4, 0.5) is 5.69 Å². The predicted octanol–water partition coefficient (Wildman–Crippen LogP) is 2.43. The fraction of sp³-hybridized carbons (Fsp3) is 0.500. The SMILES string of the molecule is CCCC(C)NC(=O)C(C)OC(=O)c1ccc(N)cc1C. The number of ether oxygens (including phenoxy) is 1. The van der Waals surface area contributed by atoms with Gasteiger partial charge in [0.15, 0.2) is 6.10 Å². The van der Waals surface area contributed by atoms with Crippen LogP contribution in [0, 0.1) is 6.92 Å². The number of aryl methyl sites for hydroxylation is 1. The van der Waals surface area contributed by atoms with Gasteiger partial charge in [-0.25, -0.2) is 4.79 Å². The van der Waals surface area contributed by atoms with Crippen LogP contribution in [0.15, 0.2) is 18.2 Å². The van der Waals surface area contributed by atoms with E-state index in [0.717, 1.165) is 18.4 Å². The first-order valence-electron chi connectivity index (χ1n) is 7.22. The number of nitrogen functional groups attached to an aromatic ring is 1. The van der Waals surface area contributed by atoms with Gasteiger partial charge in [0.05, 0.1) is 5.56 Å². The molecule has 1 rings (SSSR count). The highest BCUT2D eigenvalue weighted by molar-refractivity contribution is 5.93. The summed E-state index contributed by atoms with van der Waals surface area (Å²) < 4.78 is 5.21. The molecule has 1 aromatic carbocycles. The van der Waals surface area contributed by atoms with Crippen molar-refractivity contribution in [3.63, 3.8) is 0 Å². The zero-order valence-electron chi connectivity index (χ0n) is 13.1. The summed E-state index contributed by atoms with van der Waals surface area (Å²) >= 11 is 0. The summed E-state index contributed by atoms with van der Waals surface area (Å²) in [4.78, 5) is 24.0. The summed E-state index contributed by atoms with van der Waals surface area (Å²) in [6.07, 6.45) is 1.05. The van der Waals surface area contributed by atoms with Gasteiger partial charge in [-0.1, -0.05) is 13.3 Å². The number of hydrogen-bond acceptors (Lipinski definition) is 4. The van der Waals surface area contributed by atoms with Crippen LogP contribution in [0.3, 0.4) is 0 Å². The van der Waals surface area contributed by atoms with E-state index in [2.05, 4.69) is 12.2 Å². The lowest BCUT2D eigenvalue weighted by atomic mass is 10.1. The molecule has 0 saturated carbocycles. The molecule has 0 aliphatic carbocycles. The first-order chi connectivity index (χ1) is 9.85. The minimum absolute atomic E-state index is 0.0712. The first kappa shape index (κ1) is 17.0. The number of nitrogens with two attached hydrogens (primary N) is 1. The number of rotatable bonds is 6. The summed E-state index contributed by atoms with van der Waals surface area (Å²) in [5.41, 5.74) is 7.38. The number of hydrogen-bond donors (Lipinski definition) is 2. The van der Waals surface area contributed by atoms with Crippen LogP contribution in [0.1, 0.15) is 49.5 Å². The molecule has 1 amide bonds. The van der Waals surface area contributed by atoms with Crippen molar-refractivity contribution in [1.82, 2.24) is 5.32 Å². The van der Waals surface area contributed by atoms with Gasteiger partial charge in [-0.15, -0.1) is 0 Å². The Balaban J connectivity index is 2.63. The van der Waals surface area contributed by atoms with Crippen LogP contribution in [-0.4, -0.2) is 24.0 Å². The second-order valence-electron chi connectivity index (χ2n) is 5.32. The lowest BCUT2D eigenvalue weighted by molar-refractivity contribution is -0.129. The summed E-state index contributed by atoms with van der Waals surface area (Å²) in [6.45, 7) is 7.33. The lowest BCUT2D eigenvalue weighted by Crippen LogP contribution is -2.40. The van der Waals surface area contributed by atoms with E-state index in [1.807, 2.05) is 6.92 Å². The molecule has 0 heterocycles. The largest absolute Gasteiger partial charge is 0.449 e. The molecule has 0 aliphatic rings. The number of carbonyl (C=O) groups is 2. The Hall–Kier alpha value is -2.04. The zero-order chi connectivity index (χ0) is 16.0. The van der Waals surface area contributed by atoms with Crippen molar-refractivity contribution in [2.75, 3.05) is 5.73 Å². The van der Waals surface area contributed by atoms with Crippen LogP contribution in [0.5, 0.6) is 0 Å². The monoisotopic (exact) mass is 292 g/mol. The van der Waals surface area contributed by atoms with E-state index in [-0.39, 0.29) is 11.9 Å². The normalized spacial score (nSPS) is 13.3. The van der Waals surface area contributed by atoms with Crippen LogP contribution >= 0.6 is 0 Å². The topological polar surface area (TPSA) is 81.4 Å². The summed E-state index contributed by atoms with van der Waals surface area (Å²) in [6, 6.07) is 5.02. The second kappa shape index (κ2) is 7.67. The Kier molecular flexibility index (Phi) is 6.21. The van der Waals surface area contributed by atoms with E-state index in [1.54, 1.807) is 32.0 Å². The summed E-state index contributed by atoms with van der Waals surface area (Å²) in [5, 5.41) is 2.82. The first-order valence-corrected chi connectivity index (χ1v) is 7.22. The zero-order valence-corrected chi connectivity index (χ0v) is 13.1. The van der Waals surface area contributed by atoms with Crippen LogP contribution in [-0.2, 0) is 9.53 Å². The number of benzene rings is 1. The molecular formula is C16H24N2O3. The molecule has 0 aliphatic heterocycles. The molecule has 0 bridgehead atoms. The van der Waals surface area contributed by atoms with Crippen molar-refractivity contribution >= 4 is 17.6 Å². The average molecular weight is 292 g/mol. The lowest BCUT2D eigenvalue weighted by Gasteiger charge is -2.18. The molecule has 2 unspecified atom stereocenters. The molecule has 5 nitrogen and oxygen atoms in total. The third kappa shape index (κ3) is 5.10. The van der Waals surface area contributed by atoms with Crippen molar-refractivity contribution in [2.24, 2.45) is 0 Å². The van der Waals surface area contributed by atoms with E-state index >= 15 is 0 Å². The minimum atomic E-state index is -0.825. The molecule has 3 N–H and O–H groups in total. The summed E-state index contributed by atoms with van der Waals surface area (Å²) in [5.74, 6) is -0.796. The highest BCUT2D eigenvalue weighted by Crippen LogP contribution is 2.14. The van der Waals surface area contributed by atoms with Crippen LogP contribution in [0.25, 0.3) is 0 Å². The second-order valence-corrected chi connectivity index (χ2v) is 5.32. The number of carbonyl (C=O) groups excluding carboxylic acids is 2. The smallest absolute Gasteiger partial charge is 0.339 e. The van der Waals surface area contributed by atoms with Crippen molar-refractivity contribution < 1.29 is 14.3 Å². The van der Waals surface area contributed by atoms with Crippen molar-refractivity contribution in [1.29, 1.82) is 0 Å². The maximum atomic E-state index is 12.1. The van der Waals surface area contributed by atoms with Gasteiger partial charge in [-0.2, -0.15) is 0 Å². The van der Waals surface area contributed by atoms with Gasteiger partial charge in [0, 0.05) is 11.7 Å². The van der Waals surface area contributed by atoms with Crippen LogP contribution < -0.4 is 11.1 Å². The average Bonchev–Trinajstić information content (AvgIpc) is 2.38. The molecule has 21 heavy (non-hydrogen) atoms. The number of esters is 1. The number of amides is 1. The van der Waals surface area contributed by atoms with Gasteiger partial charge < -0.3 is 15.8 Å². The van der Waals surface area contributed by atoms with Gasteiger partial charge in [0.1, 0.15) is 0 Å². The van der Waals surface area contributed by atoms with E-state index in [0.29, 0.717) is 11.3 Å². The van der Waals surface area contributed by atoms with Gasteiger partial charge in [-0.05, 0) is 51.0 Å². The van der Waals surface area contributed by atoms with Gasteiger partial charge in [-0.3, -0.25) is 4.79 Å². The molecule has 0 fully saturated rings. The van der Waals surface area contributed by atoms with Gasteiger partial charge >= 0.3 is 5.97 Å². The van der Waals surface area contributed by atoms with Crippen molar-refractivity contribution in [3.8, 4) is 0 Å². The third-order valence-electron chi connectivity index (χ3n) is 3.23. The fourth-order valence-corrected chi connectivity index (χ4v) is 2.06. The molecule has 1 aromatic rings. The molecule has 116 valence electrons. The Morgan fingerprint density at radius 3 is 2.57 bits per heavy atom. The highest BCUT2D eigenvalue weighted by atomic mass is 16.5. The quantitative estimate of drug-likeness (QED) is 0.623. The molecule has 0 saturated heterocycles. The Morgan fingerprint density at radius 2 is 2.00 bits per heavy atom. The Morgan fingerprint density at radius 1 is 1.33 bits per heavy atom. The van der Waals surface area contributed by atoms with Crippen molar-refractivity contribution in [3.05, 3.63) is 29.3 Å². The number of nitrogens with one attached hydrogen (secondary N) is 1. The maximum Gasteiger partial charge on any atom is 0.339 e. The third-order valence-corrected chi connectivity index (χ3v) is 3.23. The summed E-state index contributed by atoms with van der Waals surface area (Å²) in [7, 11) is 0. The van der Waals surface area contributed by atoms with E-state index < -0.39 is 12.1 Å². The molecule has 0 spiro atoms. The molecule has 5 heteroatoms. The Labute approximate surface area is 125 Å². The predicted molar refractivity (Wildman–Crippen MR) is 83.0 cm³/mol. The Bertz CT molecular complexity index is 514. The molecular weight excluding hydrogens is 268 g/mol. The number of anilines is 1. The molecule has 0 aromatic heterocycles. The van der Waals surface area contributed by atoms with E-state index in [4.69, 9.17) is 10.5 Å². The molecule has 0 radical (unpaired) electrons. The van der Waals surface area contributed by atoms with E-state index in [9.17, 15) is 9.59 Å².